The van der Waals surface area contributed by atoms with Crippen molar-refractivity contribution in [2.24, 2.45) is 11.0 Å². The summed E-state index contributed by atoms with van der Waals surface area (Å²) in [6, 6.07) is 7.25. The summed E-state index contributed by atoms with van der Waals surface area (Å²) < 4.78 is 10.8. The molecule has 1 heterocycles. The van der Waals surface area contributed by atoms with Gasteiger partial charge in [-0.3, -0.25) is 9.59 Å². The molecule has 1 atom stereocenters. The number of hydrazone groups is 1. The van der Waals surface area contributed by atoms with Crippen molar-refractivity contribution in [2.75, 3.05) is 18.5 Å². The number of unbranched alkanes of at least 4 members (excludes halogenated alkanes) is 1. The fourth-order valence-electron chi connectivity index (χ4n) is 3.62. The lowest BCUT2D eigenvalue weighted by Crippen LogP contribution is -2.32. The number of ether oxygens (including phenoxy) is 2. The summed E-state index contributed by atoms with van der Waals surface area (Å²) in [6.07, 6.45) is 6.04. The highest BCUT2D eigenvalue weighted by Crippen LogP contribution is 2.40. The summed E-state index contributed by atoms with van der Waals surface area (Å²) in [5, 5.41) is 6.78. The van der Waals surface area contributed by atoms with E-state index in [-0.39, 0.29) is 6.61 Å². The minimum Gasteiger partial charge on any atom is -0.494 e. The quantitative estimate of drug-likeness (QED) is 0.181. The molecule has 9 heteroatoms. The van der Waals surface area contributed by atoms with Crippen molar-refractivity contribution in [3.8, 4) is 5.75 Å². The fraction of sp³-hybridized carbons (Fsp3) is 0.440. The molecule has 1 unspecified atom stereocenters. The van der Waals surface area contributed by atoms with Crippen molar-refractivity contribution < 1.29 is 23.9 Å². The zero-order valence-corrected chi connectivity index (χ0v) is 20.6. The number of thiophene rings is 1. The minimum atomic E-state index is -0.926. The van der Waals surface area contributed by atoms with E-state index in [1.807, 2.05) is 12.1 Å². The van der Waals surface area contributed by atoms with E-state index in [0.29, 0.717) is 23.1 Å². The summed E-state index contributed by atoms with van der Waals surface area (Å²) in [5.74, 6) is -1.04. The minimum absolute atomic E-state index is 0.230. The van der Waals surface area contributed by atoms with Crippen LogP contribution in [-0.2, 0) is 27.2 Å². The van der Waals surface area contributed by atoms with Gasteiger partial charge in [0.2, 0.25) is 0 Å². The highest BCUT2D eigenvalue weighted by Gasteiger charge is 2.30. The van der Waals surface area contributed by atoms with Crippen molar-refractivity contribution in [2.45, 2.75) is 52.9 Å². The van der Waals surface area contributed by atoms with Gasteiger partial charge in [-0.05, 0) is 73.9 Å². The lowest BCUT2D eigenvalue weighted by Gasteiger charge is -2.18. The smallest absolute Gasteiger partial charge is 0.341 e. The molecule has 3 rings (SSSR count). The van der Waals surface area contributed by atoms with Crippen LogP contribution in [0.4, 0.5) is 5.00 Å². The first kappa shape index (κ1) is 25.4. The molecule has 1 aliphatic rings. The molecule has 0 saturated carbocycles. The number of esters is 1. The van der Waals surface area contributed by atoms with Gasteiger partial charge in [-0.15, -0.1) is 11.3 Å². The normalized spacial score (nSPS) is 15.0. The van der Waals surface area contributed by atoms with E-state index in [0.717, 1.165) is 53.9 Å². The largest absolute Gasteiger partial charge is 0.494 e. The second-order valence-electron chi connectivity index (χ2n) is 8.20. The topological polar surface area (TPSA) is 106 Å². The van der Waals surface area contributed by atoms with Crippen molar-refractivity contribution >= 4 is 40.3 Å². The molecule has 0 spiro atoms. The summed E-state index contributed by atoms with van der Waals surface area (Å²) in [4.78, 5) is 38.4. The average Bonchev–Trinajstić information content (AvgIpc) is 3.17. The second kappa shape index (κ2) is 12.3. The molecular formula is C25H31N3O5S. The Balaban J connectivity index is 1.61. The maximum atomic E-state index is 12.6. The van der Waals surface area contributed by atoms with Crippen LogP contribution in [-0.4, -0.2) is 37.2 Å². The van der Waals surface area contributed by atoms with E-state index in [2.05, 4.69) is 29.7 Å². The Morgan fingerprint density at radius 1 is 1.18 bits per heavy atom. The number of amides is 2. The first-order valence-corrected chi connectivity index (χ1v) is 12.4. The Hall–Kier alpha value is -3.20. The molecule has 1 aromatic carbocycles. The van der Waals surface area contributed by atoms with Crippen LogP contribution >= 0.6 is 11.3 Å². The molecule has 1 aromatic heterocycles. The van der Waals surface area contributed by atoms with Crippen LogP contribution in [0.25, 0.3) is 0 Å². The van der Waals surface area contributed by atoms with Crippen LogP contribution in [0.1, 0.15) is 66.4 Å². The maximum Gasteiger partial charge on any atom is 0.341 e. The SMILES string of the molecule is CCCCOc1ccc(C=NNC(=O)C(=O)Nc2sc3c(c2C(=O)OCC)CCC(C)C3)cc1. The highest BCUT2D eigenvalue weighted by molar-refractivity contribution is 7.17. The average molecular weight is 486 g/mol. The number of carbonyl (C=O) groups excluding carboxylic acids is 3. The molecule has 2 amide bonds. The van der Waals surface area contributed by atoms with Gasteiger partial charge in [0.1, 0.15) is 10.8 Å². The molecule has 0 fully saturated rings. The van der Waals surface area contributed by atoms with Crippen LogP contribution in [0.15, 0.2) is 29.4 Å². The predicted molar refractivity (Wildman–Crippen MR) is 133 cm³/mol. The number of hydrogen-bond donors (Lipinski definition) is 2. The number of hydrogen-bond acceptors (Lipinski definition) is 7. The van der Waals surface area contributed by atoms with Gasteiger partial charge in [0.05, 0.1) is 25.0 Å². The number of rotatable bonds is 9. The molecule has 8 nitrogen and oxygen atoms in total. The molecular weight excluding hydrogens is 454 g/mol. The zero-order chi connectivity index (χ0) is 24.5. The van der Waals surface area contributed by atoms with Crippen LogP contribution < -0.4 is 15.5 Å². The lowest BCUT2D eigenvalue weighted by molar-refractivity contribution is -0.136. The Labute approximate surface area is 203 Å². The number of anilines is 1. The van der Waals surface area contributed by atoms with Crippen LogP contribution in [0, 0.1) is 5.92 Å². The first-order valence-electron chi connectivity index (χ1n) is 11.6. The lowest BCUT2D eigenvalue weighted by atomic mass is 9.88. The Morgan fingerprint density at radius 2 is 1.94 bits per heavy atom. The number of nitrogens with zero attached hydrogens (tertiary/aromatic N) is 1. The summed E-state index contributed by atoms with van der Waals surface area (Å²) in [7, 11) is 0. The van der Waals surface area contributed by atoms with Gasteiger partial charge in [-0.1, -0.05) is 20.3 Å². The van der Waals surface area contributed by atoms with Crippen molar-refractivity contribution in [1.29, 1.82) is 0 Å². The van der Waals surface area contributed by atoms with E-state index >= 15 is 0 Å². The van der Waals surface area contributed by atoms with Gasteiger partial charge in [0.15, 0.2) is 0 Å². The van der Waals surface area contributed by atoms with Crippen LogP contribution in [0.2, 0.25) is 0 Å². The van der Waals surface area contributed by atoms with E-state index in [1.165, 1.54) is 17.6 Å². The van der Waals surface area contributed by atoms with Gasteiger partial charge >= 0.3 is 17.8 Å². The van der Waals surface area contributed by atoms with Crippen LogP contribution in [0.3, 0.4) is 0 Å². The molecule has 0 aliphatic heterocycles. The number of benzene rings is 1. The van der Waals surface area contributed by atoms with Crippen molar-refractivity contribution in [3.05, 3.63) is 45.8 Å². The number of fused-ring (bicyclic) bond motifs is 1. The number of nitrogens with one attached hydrogen (secondary N) is 2. The summed E-state index contributed by atoms with van der Waals surface area (Å²) in [5.41, 5.74) is 4.24. The standard InChI is InChI=1S/C25H31N3O5S/c1-4-6-13-33-18-10-8-17(9-11-18)15-26-28-23(30)22(29)27-24-21(25(31)32-5-2)19-12-7-16(3)14-20(19)34-24/h8-11,15-16H,4-7,12-14H2,1-3H3,(H,27,29)(H,28,30). The monoisotopic (exact) mass is 485 g/mol. The van der Waals surface area contributed by atoms with E-state index in [1.54, 1.807) is 19.1 Å². The molecule has 1 aliphatic carbocycles. The molecule has 0 radical (unpaired) electrons. The summed E-state index contributed by atoms with van der Waals surface area (Å²) >= 11 is 1.33. The van der Waals surface area contributed by atoms with E-state index < -0.39 is 17.8 Å². The molecule has 2 aromatic rings. The van der Waals surface area contributed by atoms with Gasteiger partial charge < -0.3 is 14.8 Å². The van der Waals surface area contributed by atoms with E-state index in [4.69, 9.17) is 9.47 Å². The Kier molecular flexibility index (Phi) is 9.21. The van der Waals surface area contributed by atoms with Gasteiger partial charge in [0, 0.05) is 4.88 Å². The molecule has 34 heavy (non-hydrogen) atoms. The highest BCUT2D eigenvalue weighted by atomic mass is 32.1. The molecule has 2 N–H and O–H groups in total. The van der Waals surface area contributed by atoms with Crippen molar-refractivity contribution in [3.63, 3.8) is 0 Å². The Bertz CT molecular complexity index is 1050. The first-order chi connectivity index (χ1) is 16.4. The Morgan fingerprint density at radius 3 is 2.65 bits per heavy atom. The second-order valence-corrected chi connectivity index (χ2v) is 9.31. The third-order valence-electron chi connectivity index (χ3n) is 5.45. The van der Waals surface area contributed by atoms with E-state index in [9.17, 15) is 14.4 Å². The predicted octanol–water partition coefficient (Wildman–Crippen LogP) is 4.32. The molecule has 0 bridgehead atoms. The summed E-state index contributed by atoms with van der Waals surface area (Å²) in [6.45, 7) is 6.89. The maximum absolute atomic E-state index is 12.6. The molecule has 0 saturated heterocycles. The third kappa shape index (κ3) is 6.66. The number of carbonyl (C=O) groups is 3. The fourth-order valence-corrected chi connectivity index (χ4v) is 5.01. The zero-order valence-electron chi connectivity index (χ0n) is 19.8. The van der Waals surface area contributed by atoms with Gasteiger partial charge in [0.25, 0.3) is 0 Å². The van der Waals surface area contributed by atoms with Crippen molar-refractivity contribution in [1.82, 2.24) is 5.43 Å². The molecule has 182 valence electrons. The van der Waals surface area contributed by atoms with Gasteiger partial charge in [-0.2, -0.15) is 5.10 Å². The van der Waals surface area contributed by atoms with Crippen LogP contribution in [0.5, 0.6) is 5.75 Å². The third-order valence-corrected chi connectivity index (χ3v) is 6.62. The van der Waals surface area contributed by atoms with Gasteiger partial charge in [-0.25, -0.2) is 10.2 Å².